The fraction of sp³-hybridized carbons (Fsp3) is 0.533. The first-order chi connectivity index (χ1) is 9.89. The Bertz CT molecular complexity index is 680. The summed E-state index contributed by atoms with van der Waals surface area (Å²) in [5.74, 6) is 1.74. The van der Waals surface area contributed by atoms with Gasteiger partial charge in [-0.05, 0) is 54.4 Å². The quantitative estimate of drug-likeness (QED) is 0.641. The molecule has 2 atom stereocenters. The van der Waals surface area contributed by atoms with Crippen molar-refractivity contribution >= 4 is 50.3 Å². The smallest absolute Gasteiger partial charge is 0.139 e. The van der Waals surface area contributed by atoms with Gasteiger partial charge in [0.2, 0.25) is 0 Å². The zero-order valence-corrected chi connectivity index (χ0v) is 15.2. The standard InChI is InChI=1S/C15H17BrClFN2S/c1-9(17)14-19-12-6-10(16)11(18)7-13(12)20(14)8-15(2)4-3-5-21-15/h6-7,9H,3-5,8H2,1-2H3. The number of thioether (sulfide) groups is 1. The largest absolute Gasteiger partial charge is 0.325 e. The molecular weight excluding hydrogens is 375 g/mol. The van der Waals surface area contributed by atoms with E-state index >= 15 is 0 Å². The van der Waals surface area contributed by atoms with Crippen molar-refractivity contribution in [2.75, 3.05) is 5.75 Å². The molecule has 0 saturated carbocycles. The third kappa shape index (κ3) is 2.97. The van der Waals surface area contributed by atoms with E-state index in [2.05, 4.69) is 32.4 Å². The van der Waals surface area contributed by atoms with Crippen LogP contribution in [0.1, 0.15) is 37.9 Å². The van der Waals surface area contributed by atoms with E-state index in [-0.39, 0.29) is 15.9 Å². The highest BCUT2D eigenvalue weighted by molar-refractivity contribution is 9.10. The van der Waals surface area contributed by atoms with E-state index in [0.717, 1.165) is 23.4 Å². The van der Waals surface area contributed by atoms with Gasteiger partial charge in [-0.2, -0.15) is 11.8 Å². The number of imidazole rings is 1. The number of hydrogen-bond donors (Lipinski definition) is 0. The summed E-state index contributed by atoms with van der Waals surface area (Å²) in [4.78, 5) is 4.61. The van der Waals surface area contributed by atoms with Crippen LogP contribution < -0.4 is 0 Å². The van der Waals surface area contributed by atoms with Crippen molar-refractivity contribution in [1.82, 2.24) is 9.55 Å². The molecule has 1 aliphatic rings. The fourth-order valence-corrected chi connectivity index (χ4v) is 4.69. The molecule has 1 saturated heterocycles. The van der Waals surface area contributed by atoms with Crippen LogP contribution in [0.5, 0.6) is 0 Å². The normalized spacial score (nSPS) is 23.9. The lowest BCUT2D eigenvalue weighted by atomic mass is 10.1. The monoisotopic (exact) mass is 390 g/mol. The molecule has 1 aromatic carbocycles. The van der Waals surface area contributed by atoms with Gasteiger partial charge in [0.25, 0.3) is 0 Å². The van der Waals surface area contributed by atoms with Crippen LogP contribution in [0.2, 0.25) is 0 Å². The van der Waals surface area contributed by atoms with Crippen LogP contribution in [0.15, 0.2) is 16.6 Å². The highest BCUT2D eigenvalue weighted by Crippen LogP contribution is 2.41. The van der Waals surface area contributed by atoms with Gasteiger partial charge in [0.05, 0.1) is 20.9 Å². The molecule has 1 fully saturated rings. The number of aromatic nitrogens is 2. The minimum absolute atomic E-state index is 0.178. The third-order valence-corrected chi connectivity index (χ3v) is 6.29. The maximum atomic E-state index is 13.9. The molecule has 0 radical (unpaired) electrons. The molecule has 3 rings (SSSR count). The summed E-state index contributed by atoms with van der Waals surface area (Å²) in [6.45, 7) is 5.00. The average Bonchev–Trinajstić information content (AvgIpc) is 2.97. The first-order valence-corrected chi connectivity index (χ1v) is 9.24. The van der Waals surface area contributed by atoms with Gasteiger partial charge in [-0.1, -0.05) is 0 Å². The Labute approximate surface area is 141 Å². The lowest BCUT2D eigenvalue weighted by molar-refractivity contribution is 0.505. The Kier molecular flexibility index (Phi) is 4.27. The van der Waals surface area contributed by atoms with E-state index < -0.39 is 0 Å². The number of nitrogens with zero attached hydrogens (tertiary/aromatic N) is 2. The molecule has 6 heteroatoms. The average molecular weight is 392 g/mol. The number of benzene rings is 1. The molecule has 1 aromatic heterocycles. The molecule has 21 heavy (non-hydrogen) atoms. The van der Waals surface area contributed by atoms with Gasteiger partial charge in [0, 0.05) is 17.4 Å². The van der Waals surface area contributed by atoms with Crippen LogP contribution in [-0.2, 0) is 6.54 Å². The van der Waals surface area contributed by atoms with E-state index in [9.17, 15) is 4.39 Å². The second kappa shape index (κ2) is 5.74. The fourth-order valence-electron chi connectivity index (χ4n) is 2.90. The van der Waals surface area contributed by atoms with Crippen molar-refractivity contribution in [2.45, 2.75) is 43.4 Å². The van der Waals surface area contributed by atoms with Crippen molar-refractivity contribution < 1.29 is 4.39 Å². The summed E-state index contributed by atoms with van der Waals surface area (Å²) in [6, 6.07) is 3.28. The molecule has 2 unspecified atom stereocenters. The summed E-state index contributed by atoms with van der Waals surface area (Å²) in [7, 11) is 0. The molecule has 0 bridgehead atoms. The van der Waals surface area contributed by atoms with E-state index in [1.807, 2.05) is 18.7 Å². The Morgan fingerprint density at radius 3 is 2.95 bits per heavy atom. The van der Waals surface area contributed by atoms with Crippen LogP contribution in [0.3, 0.4) is 0 Å². The van der Waals surface area contributed by atoms with Crippen molar-refractivity contribution in [3.8, 4) is 0 Å². The highest BCUT2D eigenvalue weighted by Gasteiger charge is 2.32. The Morgan fingerprint density at radius 2 is 2.33 bits per heavy atom. The molecule has 1 aliphatic heterocycles. The van der Waals surface area contributed by atoms with Crippen LogP contribution in [0.4, 0.5) is 4.39 Å². The van der Waals surface area contributed by atoms with Crippen LogP contribution in [0.25, 0.3) is 11.0 Å². The van der Waals surface area contributed by atoms with Crippen molar-refractivity contribution in [2.24, 2.45) is 0 Å². The second-order valence-corrected chi connectivity index (χ2v) is 9.02. The van der Waals surface area contributed by atoms with Crippen LogP contribution in [-0.4, -0.2) is 20.1 Å². The van der Waals surface area contributed by atoms with Gasteiger partial charge in [-0.25, -0.2) is 9.37 Å². The molecule has 2 heterocycles. The molecule has 2 nitrogen and oxygen atoms in total. The Morgan fingerprint density at radius 1 is 1.57 bits per heavy atom. The van der Waals surface area contributed by atoms with Gasteiger partial charge < -0.3 is 4.57 Å². The number of fused-ring (bicyclic) bond motifs is 1. The zero-order chi connectivity index (χ0) is 15.2. The van der Waals surface area contributed by atoms with E-state index in [1.54, 1.807) is 12.1 Å². The maximum absolute atomic E-state index is 13.9. The van der Waals surface area contributed by atoms with E-state index in [4.69, 9.17) is 11.6 Å². The Balaban J connectivity index is 2.13. The summed E-state index contributed by atoms with van der Waals surface area (Å²) in [5.41, 5.74) is 1.62. The summed E-state index contributed by atoms with van der Waals surface area (Å²) >= 11 is 11.5. The highest BCUT2D eigenvalue weighted by atomic mass is 79.9. The number of halogens is 3. The summed E-state index contributed by atoms with van der Waals surface area (Å²) in [6.07, 6.45) is 2.41. The predicted molar refractivity (Wildman–Crippen MR) is 91.8 cm³/mol. The number of rotatable bonds is 3. The predicted octanol–water partition coefficient (Wildman–Crippen LogP) is 5.52. The topological polar surface area (TPSA) is 17.8 Å². The molecule has 0 spiro atoms. The van der Waals surface area contributed by atoms with Gasteiger partial charge in [0.1, 0.15) is 11.6 Å². The van der Waals surface area contributed by atoms with E-state index in [0.29, 0.717) is 4.47 Å². The minimum atomic E-state index is -0.262. The van der Waals surface area contributed by atoms with Gasteiger partial charge in [-0.3, -0.25) is 0 Å². The van der Waals surface area contributed by atoms with Crippen LogP contribution >= 0.6 is 39.3 Å². The SMILES string of the molecule is CC(Cl)c1nc2cc(Br)c(F)cc2n1CC1(C)CCCS1. The van der Waals surface area contributed by atoms with Crippen molar-refractivity contribution in [1.29, 1.82) is 0 Å². The van der Waals surface area contributed by atoms with Crippen molar-refractivity contribution in [3.05, 3.63) is 28.2 Å². The van der Waals surface area contributed by atoms with Crippen LogP contribution in [0, 0.1) is 5.82 Å². The van der Waals surface area contributed by atoms with Gasteiger partial charge in [0.15, 0.2) is 0 Å². The molecule has 0 N–H and O–H groups in total. The van der Waals surface area contributed by atoms with Gasteiger partial charge >= 0.3 is 0 Å². The molecule has 0 amide bonds. The zero-order valence-electron chi connectivity index (χ0n) is 12.0. The molecule has 0 aliphatic carbocycles. The lowest BCUT2D eigenvalue weighted by Gasteiger charge is -2.25. The van der Waals surface area contributed by atoms with Crippen molar-refractivity contribution in [3.63, 3.8) is 0 Å². The maximum Gasteiger partial charge on any atom is 0.139 e. The lowest BCUT2D eigenvalue weighted by Crippen LogP contribution is -2.25. The second-order valence-electron chi connectivity index (χ2n) is 5.83. The minimum Gasteiger partial charge on any atom is -0.325 e. The first kappa shape index (κ1) is 15.6. The number of alkyl halides is 1. The Hall–Kier alpha value is -0.260. The molecule has 2 aromatic rings. The number of hydrogen-bond acceptors (Lipinski definition) is 2. The summed E-state index contributed by atoms with van der Waals surface area (Å²) < 4.78 is 16.6. The molecular formula is C15H17BrClFN2S. The first-order valence-electron chi connectivity index (χ1n) is 7.03. The van der Waals surface area contributed by atoms with Gasteiger partial charge in [-0.15, -0.1) is 11.6 Å². The molecule has 114 valence electrons. The summed E-state index contributed by atoms with van der Waals surface area (Å²) in [5, 5.41) is -0.200. The van der Waals surface area contributed by atoms with E-state index in [1.165, 1.54) is 18.6 Å². The third-order valence-electron chi connectivity index (χ3n) is 3.97.